The van der Waals surface area contributed by atoms with E-state index in [0.717, 1.165) is 12.0 Å². The van der Waals surface area contributed by atoms with E-state index in [-0.39, 0.29) is 5.76 Å². The molecule has 0 atom stereocenters. The van der Waals surface area contributed by atoms with E-state index in [0.29, 0.717) is 35.4 Å². The number of aryl methyl sites for hydroxylation is 1. The largest absolute Gasteiger partial charge is 0.455 e. The number of nitrogens with two attached hydrogens (primary N) is 1. The topological polar surface area (TPSA) is 97.7 Å². The quantitative estimate of drug-likeness (QED) is 0.845. The van der Waals surface area contributed by atoms with Crippen LogP contribution in [0.25, 0.3) is 0 Å². The number of furan rings is 1. The molecule has 0 saturated heterocycles. The minimum Gasteiger partial charge on any atom is -0.455 e. The van der Waals surface area contributed by atoms with E-state index < -0.39 is 17.6 Å². The van der Waals surface area contributed by atoms with Crippen LogP contribution in [0.5, 0.6) is 0 Å². The number of hydrogen-bond donors (Lipinski definition) is 2. The Morgan fingerprint density at radius 3 is 2.62 bits per heavy atom. The summed E-state index contributed by atoms with van der Waals surface area (Å²) in [5, 5.41) is 4.17. The lowest BCUT2D eigenvalue weighted by molar-refractivity contribution is 0.0951. The number of benzene rings is 1. The normalized spacial score (nSPS) is 15.2. The van der Waals surface area contributed by atoms with Crippen molar-refractivity contribution in [3.8, 4) is 0 Å². The van der Waals surface area contributed by atoms with Crippen LogP contribution in [0.15, 0.2) is 33.8 Å². The molecule has 2 amide bonds. The number of hydrogen-bond acceptors (Lipinski definition) is 4. The summed E-state index contributed by atoms with van der Waals surface area (Å²) in [5.74, 6) is -0.702. The third-order valence-corrected chi connectivity index (χ3v) is 3.95. The highest BCUT2D eigenvalue weighted by Crippen LogP contribution is 2.29. The standard InChI is InChI=1S/C17H16FN3O3/c1-9-14-12(3-2-4-13(14)24-15(9)16(19)22)20-21-17(23)10-5-7-11(18)8-6-10/h5-8H,2-4H2,1H3,(H2,19,22)(H,21,23)/b20-12+. The highest BCUT2D eigenvalue weighted by molar-refractivity contribution is 6.07. The van der Waals surface area contributed by atoms with Gasteiger partial charge in [-0.2, -0.15) is 5.10 Å². The molecule has 3 rings (SSSR count). The first kappa shape index (κ1) is 15.9. The van der Waals surface area contributed by atoms with Gasteiger partial charge in [-0.25, -0.2) is 9.82 Å². The maximum Gasteiger partial charge on any atom is 0.284 e. The number of primary amides is 1. The summed E-state index contributed by atoms with van der Waals surface area (Å²) < 4.78 is 18.4. The average Bonchev–Trinajstić information content (AvgIpc) is 2.91. The van der Waals surface area contributed by atoms with E-state index in [1.807, 2.05) is 0 Å². The summed E-state index contributed by atoms with van der Waals surface area (Å²) in [6.45, 7) is 1.74. The minimum atomic E-state index is -0.628. The van der Waals surface area contributed by atoms with Gasteiger partial charge >= 0.3 is 0 Å². The van der Waals surface area contributed by atoms with Gasteiger partial charge in [0, 0.05) is 23.1 Å². The van der Waals surface area contributed by atoms with Gasteiger partial charge < -0.3 is 10.2 Å². The first-order chi connectivity index (χ1) is 11.5. The van der Waals surface area contributed by atoms with Crippen LogP contribution < -0.4 is 11.2 Å². The van der Waals surface area contributed by atoms with Gasteiger partial charge in [0.2, 0.25) is 0 Å². The van der Waals surface area contributed by atoms with E-state index >= 15 is 0 Å². The summed E-state index contributed by atoms with van der Waals surface area (Å²) in [6, 6.07) is 5.18. The molecule has 3 N–H and O–H groups in total. The zero-order valence-electron chi connectivity index (χ0n) is 13.1. The van der Waals surface area contributed by atoms with Gasteiger partial charge in [-0.15, -0.1) is 0 Å². The van der Waals surface area contributed by atoms with Crippen molar-refractivity contribution in [2.75, 3.05) is 0 Å². The highest BCUT2D eigenvalue weighted by Gasteiger charge is 2.27. The lowest BCUT2D eigenvalue weighted by Gasteiger charge is -2.13. The van der Waals surface area contributed by atoms with Crippen molar-refractivity contribution < 1.29 is 18.4 Å². The molecular weight excluding hydrogens is 313 g/mol. The predicted molar refractivity (Wildman–Crippen MR) is 85.3 cm³/mol. The van der Waals surface area contributed by atoms with Gasteiger partial charge in [0.1, 0.15) is 11.6 Å². The molecule has 124 valence electrons. The molecular formula is C17H16FN3O3. The molecule has 0 bridgehead atoms. The second-order valence-electron chi connectivity index (χ2n) is 5.58. The number of hydrazone groups is 1. The van der Waals surface area contributed by atoms with Crippen LogP contribution in [0.3, 0.4) is 0 Å². The molecule has 0 fully saturated rings. The van der Waals surface area contributed by atoms with Gasteiger partial charge in [0.05, 0.1) is 5.71 Å². The van der Waals surface area contributed by atoms with E-state index in [4.69, 9.17) is 10.2 Å². The van der Waals surface area contributed by atoms with Crippen LogP contribution >= 0.6 is 0 Å². The zero-order chi connectivity index (χ0) is 17.3. The molecule has 6 nitrogen and oxygen atoms in total. The fourth-order valence-corrected chi connectivity index (χ4v) is 2.80. The maximum absolute atomic E-state index is 12.9. The summed E-state index contributed by atoms with van der Waals surface area (Å²) in [5.41, 5.74) is 10.1. The Morgan fingerprint density at radius 1 is 1.25 bits per heavy atom. The highest BCUT2D eigenvalue weighted by atomic mass is 19.1. The summed E-state index contributed by atoms with van der Waals surface area (Å²) in [6.07, 6.45) is 2.13. The molecule has 1 heterocycles. The Balaban J connectivity index is 1.86. The molecule has 0 unspecified atom stereocenters. The maximum atomic E-state index is 12.9. The Kier molecular flexibility index (Phi) is 4.16. The average molecular weight is 329 g/mol. The lowest BCUT2D eigenvalue weighted by atomic mass is 9.93. The van der Waals surface area contributed by atoms with Gasteiger partial charge in [-0.1, -0.05) is 0 Å². The Morgan fingerprint density at radius 2 is 1.96 bits per heavy atom. The van der Waals surface area contributed by atoms with Crippen LogP contribution in [0.1, 0.15) is 50.6 Å². The van der Waals surface area contributed by atoms with Crippen molar-refractivity contribution >= 4 is 17.5 Å². The fraction of sp³-hybridized carbons (Fsp3) is 0.235. The number of nitrogens with zero attached hydrogens (tertiary/aromatic N) is 1. The SMILES string of the molecule is Cc1c(C(N)=O)oc2c1/C(=N/NC(=O)c1ccc(F)cc1)CCC2. The number of halogens is 1. The molecule has 0 spiro atoms. The van der Waals surface area contributed by atoms with Crippen molar-refractivity contribution in [3.63, 3.8) is 0 Å². The molecule has 1 aromatic heterocycles. The third-order valence-electron chi connectivity index (χ3n) is 3.95. The molecule has 0 saturated carbocycles. The van der Waals surface area contributed by atoms with Crippen LogP contribution in [0, 0.1) is 12.7 Å². The minimum absolute atomic E-state index is 0.125. The van der Waals surface area contributed by atoms with Crippen LogP contribution in [-0.4, -0.2) is 17.5 Å². The van der Waals surface area contributed by atoms with Crippen LogP contribution in [0.2, 0.25) is 0 Å². The molecule has 1 aromatic carbocycles. The number of carbonyl (C=O) groups excluding carboxylic acids is 2. The smallest absolute Gasteiger partial charge is 0.284 e. The van der Waals surface area contributed by atoms with Gasteiger partial charge in [-0.05, 0) is 44.0 Å². The number of rotatable bonds is 3. The molecule has 7 heteroatoms. The Labute approximate surface area is 137 Å². The molecule has 1 aliphatic rings. The predicted octanol–water partition coefficient (Wildman–Crippen LogP) is 2.30. The van der Waals surface area contributed by atoms with Gasteiger partial charge in [-0.3, -0.25) is 9.59 Å². The van der Waals surface area contributed by atoms with E-state index in [1.54, 1.807) is 6.92 Å². The zero-order valence-corrected chi connectivity index (χ0v) is 13.1. The Hall–Kier alpha value is -2.96. The fourth-order valence-electron chi connectivity index (χ4n) is 2.80. The number of nitrogens with one attached hydrogen (secondary N) is 1. The molecule has 24 heavy (non-hydrogen) atoms. The monoisotopic (exact) mass is 329 g/mol. The summed E-state index contributed by atoms with van der Waals surface area (Å²) in [4.78, 5) is 23.5. The molecule has 2 aromatic rings. The number of carbonyl (C=O) groups is 2. The molecule has 0 radical (unpaired) electrons. The lowest BCUT2D eigenvalue weighted by Crippen LogP contribution is -2.22. The summed E-state index contributed by atoms with van der Waals surface area (Å²) in [7, 11) is 0. The van der Waals surface area contributed by atoms with Gasteiger partial charge in [0.15, 0.2) is 5.76 Å². The van der Waals surface area contributed by atoms with E-state index in [9.17, 15) is 14.0 Å². The third kappa shape index (κ3) is 2.92. The van der Waals surface area contributed by atoms with Crippen LogP contribution in [0.4, 0.5) is 4.39 Å². The van der Waals surface area contributed by atoms with Gasteiger partial charge in [0.25, 0.3) is 11.8 Å². The Bertz CT molecular complexity index is 838. The van der Waals surface area contributed by atoms with Crippen molar-refractivity contribution in [2.45, 2.75) is 26.2 Å². The summed E-state index contributed by atoms with van der Waals surface area (Å²) >= 11 is 0. The second-order valence-corrected chi connectivity index (χ2v) is 5.58. The van der Waals surface area contributed by atoms with Crippen molar-refractivity contribution in [1.29, 1.82) is 0 Å². The number of fused-ring (bicyclic) bond motifs is 1. The van der Waals surface area contributed by atoms with E-state index in [1.165, 1.54) is 24.3 Å². The number of amides is 2. The van der Waals surface area contributed by atoms with Crippen molar-refractivity contribution in [2.24, 2.45) is 10.8 Å². The van der Waals surface area contributed by atoms with E-state index in [2.05, 4.69) is 10.5 Å². The van der Waals surface area contributed by atoms with Crippen molar-refractivity contribution in [1.82, 2.24) is 5.43 Å². The first-order valence-corrected chi connectivity index (χ1v) is 7.52. The first-order valence-electron chi connectivity index (χ1n) is 7.52. The van der Waals surface area contributed by atoms with Crippen molar-refractivity contribution in [3.05, 3.63) is 58.3 Å². The second kappa shape index (κ2) is 6.27. The van der Waals surface area contributed by atoms with Crippen LogP contribution in [-0.2, 0) is 6.42 Å². The molecule has 0 aliphatic heterocycles. The molecule has 1 aliphatic carbocycles.